The molecular formula is C15H19F2N3O. The van der Waals surface area contributed by atoms with E-state index in [-0.39, 0.29) is 0 Å². The molecule has 0 radical (unpaired) electrons. The summed E-state index contributed by atoms with van der Waals surface area (Å²) >= 11 is 0. The van der Waals surface area contributed by atoms with Crippen molar-refractivity contribution >= 4 is 0 Å². The van der Waals surface area contributed by atoms with Gasteiger partial charge >= 0.3 is 0 Å². The van der Waals surface area contributed by atoms with E-state index in [4.69, 9.17) is 0 Å². The molecule has 0 fully saturated rings. The van der Waals surface area contributed by atoms with Crippen LogP contribution in [-0.4, -0.2) is 32.9 Å². The molecule has 1 aromatic heterocycles. The Morgan fingerprint density at radius 2 is 2.10 bits per heavy atom. The number of aliphatic hydroxyl groups is 1. The van der Waals surface area contributed by atoms with Gasteiger partial charge in [-0.2, -0.15) is 5.10 Å². The second-order valence-electron chi connectivity index (χ2n) is 5.04. The SMILES string of the molecule is CCN(Cc1cnn(C)c1)CC(O)c1ccc(F)c(F)c1. The molecule has 0 aliphatic rings. The van der Waals surface area contributed by atoms with Crippen molar-refractivity contribution in [3.63, 3.8) is 0 Å². The standard InChI is InChI=1S/C15H19F2N3O/c1-3-20(9-11-7-18-19(2)8-11)10-15(21)12-4-5-13(16)14(17)6-12/h4-8,15,21H,3,9-10H2,1-2H3. The zero-order valence-corrected chi connectivity index (χ0v) is 12.1. The second kappa shape index (κ2) is 6.78. The largest absolute Gasteiger partial charge is 0.387 e. The quantitative estimate of drug-likeness (QED) is 0.888. The zero-order chi connectivity index (χ0) is 15.4. The summed E-state index contributed by atoms with van der Waals surface area (Å²) in [6, 6.07) is 3.48. The van der Waals surface area contributed by atoms with Crippen LogP contribution in [-0.2, 0) is 13.6 Å². The van der Waals surface area contributed by atoms with Crippen molar-refractivity contribution in [2.75, 3.05) is 13.1 Å². The second-order valence-corrected chi connectivity index (χ2v) is 5.04. The number of hydrogen-bond acceptors (Lipinski definition) is 3. The topological polar surface area (TPSA) is 41.3 Å². The van der Waals surface area contributed by atoms with Gasteiger partial charge in [-0.05, 0) is 24.2 Å². The van der Waals surface area contributed by atoms with Crippen LogP contribution in [0.3, 0.4) is 0 Å². The van der Waals surface area contributed by atoms with Crippen molar-refractivity contribution in [2.24, 2.45) is 7.05 Å². The van der Waals surface area contributed by atoms with Crippen molar-refractivity contribution in [3.8, 4) is 0 Å². The predicted octanol–water partition coefficient (Wildman–Crippen LogP) is 2.25. The van der Waals surface area contributed by atoms with Crippen LogP contribution in [0.4, 0.5) is 8.78 Å². The fourth-order valence-electron chi connectivity index (χ4n) is 2.19. The van der Waals surface area contributed by atoms with Gasteiger partial charge in [0, 0.05) is 31.9 Å². The van der Waals surface area contributed by atoms with Crippen LogP contribution in [0.15, 0.2) is 30.6 Å². The maximum atomic E-state index is 13.2. The Morgan fingerprint density at radius 1 is 1.33 bits per heavy atom. The van der Waals surface area contributed by atoms with Gasteiger partial charge in [0.1, 0.15) is 0 Å². The number of rotatable bonds is 6. The van der Waals surface area contributed by atoms with Crippen LogP contribution in [0.2, 0.25) is 0 Å². The van der Waals surface area contributed by atoms with Crippen molar-refractivity contribution in [3.05, 3.63) is 53.4 Å². The van der Waals surface area contributed by atoms with Crippen molar-refractivity contribution in [2.45, 2.75) is 19.6 Å². The molecule has 1 aromatic carbocycles. The van der Waals surface area contributed by atoms with Gasteiger partial charge in [-0.3, -0.25) is 9.58 Å². The third-order valence-corrected chi connectivity index (χ3v) is 3.37. The van der Waals surface area contributed by atoms with E-state index in [0.29, 0.717) is 18.7 Å². The summed E-state index contributed by atoms with van der Waals surface area (Å²) in [6.45, 7) is 3.70. The van der Waals surface area contributed by atoms with Gasteiger partial charge in [0.25, 0.3) is 0 Å². The molecule has 0 amide bonds. The molecule has 2 aromatic rings. The van der Waals surface area contributed by atoms with E-state index >= 15 is 0 Å². The molecule has 4 nitrogen and oxygen atoms in total. The normalized spacial score (nSPS) is 12.9. The molecule has 1 N–H and O–H groups in total. The first kappa shape index (κ1) is 15.6. The first-order valence-electron chi connectivity index (χ1n) is 6.82. The lowest BCUT2D eigenvalue weighted by molar-refractivity contribution is 0.112. The van der Waals surface area contributed by atoms with Crippen LogP contribution in [0.5, 0.6) is 0 Å². The van der Waals surface area contributed by atoms with Gasteiger partial charge < -0.3 is 5.11 Å². The predicted molar refractivity (Wildman–Crippen MR) is 75.5 cm³/mol. The molecule has 114 valence electrons. The molecule has 0 aliphatic heterocycles. The minimum absolute atomic E-state index is 0.344. The Labute approximate surface area is 122 Å². The van der Waals surface area contributed by atoms with E-state index in [1.807, 2.05) is 25.1 Å². The molecule has 6 heteroatoms. The highest BCUT2D eigenvalue weighted by Crippen LogP contribution is 2.18. The molecule has 0 saturated carbocycles. The average molecular weight is 295 g/mol. The van der Waals surface area contributed by atoms with Gasteiger partial charge in [-0.25, -0.2) is 8.78 Å². The van der Waals surface area contributed by atoms with Gasteiger partial charge in [0.2, 0.25) is 0 Å². The lowest BCUT2D eigenvalue weighted by atomic mass is 10.1. The molecule has 21 heavy (non-hydrogen) atoms. The molecule has 1 heterocycles. The molecule has 0 bridgehead atoms. The number of aryl methyl sites for hydroxylation is 1. The van der Waals surface area contributed by atoms with Crippen LogP contribution in [0.1, 0.15) is 24.2 Å². The third-order valence-electron chi connectivity index (χ3n) is 3.37. The Bertz CT molecular complexity index is 600. The Balaban J connectivity index is 2.01. The highest BCUT2D eigenvalue weighted by atomic mass is 19.2. The molecule has 1 unspecified atom stereocenters. The summed E-state index contributed by atoms with van der Waals surface area (Å²) in [5.74, 6) is -1.85. The smallest absolute Gasteiger partial charge is 0.159 e. The van der Waals surface area contributed by atoms with Crippen LogP contribution in [0.25, 0.3) is 0 Å². The number of aromatic nitrogens is 2. The summed E-state index contributed by atoms with van der Waals surface area (Å²) in [5, 5.41) is 14.3. The summed E-state index contributed by atoms with van der Waals surface area (Å²) < 4.78 is 27.8. The molecule has 2 rings (SSSR count). The molecule has 0 aliphatic carbocycles. The lowest BCUT2D eigenvalue weighted by Crippen LogP contribution is -2.28. The number of aliphatic hydroxyl groups excluding tert-OH is 1. The van der Waals surface area contributed by atoms with E-state index in [2.05, 4.69) is 5.10 Å². The number of nitrogens with zero attached hydrogens (tertiary/aromatic N) is 3. The summed E-state index contributed by atoms with van der Waals surface area (Å²) in [7, 11) is 1.84. The maximum Gasteiger partial charge on any atom is 0.159 e. The Morgan fingerprint density at radius 3 is 2.67 bits per heavy atom. The maximum absolute atomic E-state index is 13.2. The van der Waals surface area contributed by atoms with E-state index in [1.54, 1.807) is 10.9 Å². The monoisotopic (exact) mass is 295 g/mol. The van der Waals surface area contributed by atoms with E-state index in [9.17, 15) is 13.9 Å². The van der Waals surface area contributed by atoms with Crippen LogP contribution in [0, 0.1) is 11.6 Å². The third kappa shape index (κ3) is 4.09. The van der Waals surface area contributed by atoms with Crippen molar-refractivity contribution in [1.82, 2.24) is 14.7 Å². The summed E-state index contributed by atoms with van der Waals surface area (Å²) in [4.78, 5) is 2.02. The lowest BCUT2D eigenvalue weighted by Gasteiger charge is -2.23. The summed E-state index contributed by atoms with van der Waals surface area (Å²) in [5.41, 5.74) is 1.41. The first-order chi connectivity index (χ1) is 9.99. The molecular weight excluding hydrogens is 276 g/mol. The highest BCUT2D eigenvalue weighted by molar-refractivity contribution is 5.20. The first-order valence-corrected chi connectivity index (χ1v) is 6.82. The minimum Gasteiger partial charge on any atom is -0.387 e. The molecule has 1 atom stereocenters. The Hall–Kier alpha value is -1.79. The fraction of sp³-hybridized carbons (Fsp3) is 0.400. The molecule has 0 saturated heterocycles. The Kier molecular flexibility index (Phi) is 5.03. The number of hydrogen-bond donors (Lipinski definition) is 1. The number of benzene rings is 1. The van der Waals surface area contributed by atoms with Gasteiger partial charge in [0.15, 0.2) is 11.6 Å². The highest BCUT2D eigenvalue weighted by Gasteiger charge is 2.15. The van der Waals surface area contributed by atoms with Crippen molar-refractivity contribution in [1.29, 1.82) is 0 Å². The van der Waals surface area contributed by atoms with Crippen molar-refractivity contribution < 1.29 is 13.9 Å². The van der Waals surface area contributed by atoms with Crippen LogP contribution >= 0.6 is 0 Å². The fourth-order valence-corrected chi connectivity index (χ4v) is 2.19. The number of halogens is 2. The van der Waals surface area contributed by atoms with Gasteiger partial charge in [-0.15, -0.1) is 0 Å². The number of likely N-dealkylation sites (N-methyl/N-ethyl adjacent to an activating group) is 1. The molecule has 0 spiro atoms. The van der Waals surface area contributed by atoms with E-state index in [1.165, 1.54) is 6.07 Å². The van der Waals surface area contributed by atoms with Crippen LogP contribution < -0.4 is 0 Å². The van der Waals surface area contributed by atoms with E-state index < -0.39 is 17.7 Å². The minimum atomic E-state index is -0.943. The summed E-state index contributed by atoms with van der Waals surface area (Å²) in [6.07, 6.45) is 2.82. The van der Waals surface area contributed by atoms with Gasteiger partial charge in [-0.1, -0.05) is 13.0 Å². The van der Waals surface area contributed by atoms with E-state index in [0.717, 1.165) is 24.2 Å². The van der Waals surface area contributed by atoms with Gasteiger partial charge in [0.05, 0.1) is 12.3 Å². The average Bonchev–Trinajstić information content (AvgIpc) is 2.86. The zero-order valence-electron chi connectivity index (χ0n) is 12.1.